The van der Waals surface area contributed by atoms with Crippen LogP contribution in [-0.4, -0.2) is 30.6 Å². The van der Waals surface area contributed by atoms with E-state index in [1.165, 1.54) is 6.07 Å². The fourth-order valence-electron chi connectivity index (χ4n) is 3.51. The number of nitrogens with zero attached hydrogens (tertiary/aromatic N) is 2. The van der Waals surface area contributed by atoms with E-state index in [0.29, 0.717) is 23.7 Å². The van der Waals surface area contributed by atoms with Gasteiger partial charge in [0.05, 0.1) is 9.92 Å². The summed E-state index contributed by atoms with van der Waals surface area (Å²) < 4.78 is 35.8. The van der Waals surface area contributed by atoms with Crippen LogP contribution in [-0.2, 0) is 29.4 Å². The molecule has 0 radical (unpaired) electrons. The number of aryl methyl sites for hydroxylation is 1. The van der Waals surface area contributed by atoms with Gasteiger partial charge in [0.25, 0.3) is 0 Å². The predicted molar refractivity (Wildman–Crippen MR) is 94.5 cm³/mol. The van der Waals surface area contributed by atoms with E-state index in [1.807, 2.05) is 13.1 Å². The van der Waals surface area contributed by atoms with Crippen LogP contribution in [0, 0.1) is 5.92 Å². The fourth-order valence-corrected chi connectivity index (χ4v) is 5.06. The summed E-state index contributed by atoms with van der Waals surface area (Å²) in [5, 5.41) is 0.349. The fraction of sp³-hybridized carbons (Fsp3) is 0.471. The van der Waals surface area contributed by atoms with Crippen LogP contribution < -0.4 is 9.46 Å². The Labute approximate surface area is 152 Å². The summed E-state index contributed by atoms with van der Waals surface area (Å²) in [6, 6.07) is 3.13. The monoisotopic (exact) mass is 381 g/mol. The molecule has 6 nitrogen and oxygen atoms in total. The van der Waals surface area contributed by atoms with Gasteiger partial charge in [0.2, 0.25) is 10.0 Å². The smallest absolute Gasteiger partial charge is 0.240 e. The van der Waals surface area contributed by atoms with Crippen LogP contribution in [0.15, 0.2) is 29.4 Å². The number of fused-ring (bicyclic) bond motifs is 2. The topological polar surface area (TPSA) is 73.2 Å². The molecule has 1 aromatic carbocycles. The Morgan fingerprint density at radius 2 is 2.24 bits per heavy atom. The zero-order valence-corrected chi connectivity index (χ0v) is 15.5. The lowest BCUT2D eigenvalue weighted by Crippen LogP contribution is -2.33. The van der Waals surface area contributed by atoms with E-state index in [9.17, 15) is 8.42 Å². The molecule has 2 aromatic rings. The number of halogens is 1. The number of hydrogen-bond acceptors (Lipinski definition) is 4. The minimum absolute atomic E-state index is 0.0180. The first kappa shape index (κ1) is 16.9. The van der Waals surface area contributed by atoms with Crippen LogP contribution in [0.5, 0.6) is 5.75 Å². The highest BCUT2D eigenvalue weighted by atomic mass is 35.5. The van der Waals surface area contributed by atoms with Crippen molar-refractivity contribution in [3.05, 3.63) is 40.9 Å². The summed E-state index contributed by atoms with van der Waals surface area (Å²) in [6.07, 6.45) is 6.16. The summed E-state index contributed by atoms with van der Waals surface area (Å²) in [6.45, 7) is 3.22. The Balaban J connectivity index is 1.48. The molecule has 2 aliphatic rings. The molecule has 8 heteroatoms. The number of sulfonamides is 1. The number of aromatic nitrogens is 2. The van der Waals surface area contributed by atoms with Crippen molar-refractivity contribution in [3.63, 3.8) is 0 Å². The summed E-state index contributed by atoms with van der Waals surface area (Å²) >= 11 is 6.21. The van der Waals surface area contributed by atoms with Crippen LogP contribution in [0.3, 0.4) is 0 Å². The molecule has 0 bridgehead atoms. The molecule has 3 heterocycles. The SMILES string of the molecule is C[C@H]1Cc2cc(S(=O)(=O)NC[C@@H]3CCn4ccnc4C3)cc(Cl)c2O1. The molecule has 0 saturated carbocycles. The van der Waals surface area contributed by atoms with E-state index in [1.54, 1.807) is 12.3 Å². The predicted octanol–water partition coefficient (Wildman–Crippen LogP) is 2.40. The molecule has 2 aliphatic heterocycles. The molecular formula is C17H20ClN3O3S. The summed E-state index contributed by atoms with van der Waals surface area (Å²) in [5.74, 6) is 1.87. The second-order valence-corrected chi connectivity index (χ2v) is 8.95. The molecule has 0 amide bonds. The van der Waals surface area contributed by atoms with Crippen molar-refractivity contribution in [2.75, 3.05) is 6.54 Å². The normalized spacial score (nSPS) is 22.3. The van der Waals surface area contributed by atoms with Gasteiger partial charge in [-0.3, -0.25) is 0 Å². The summed E-state index contributed by atoms with van der Waals surface area (Å²) in [5.41, 5.74) is 0.847. The second kappa shape index (κ2) is 6.30. The molecule has 0 unspecified atom stereocenters. The van der Waals surface area contributed by atoms with E-state index in [4.69, 9.17) is 16.3 Å². The van der Waals surface area contributed by atoms with Crippen LogP contribution in [0.4, 0.5) is 0 Å². The van der Waals surface area contributed by atoms with Crippen LogP contribution >= 0.6 is 11.6 Å². The first-order valence-electron chi connectivity index (χ1n) is 8.41. The minimum Gasteiger partial charge on any atom is -0.489 e. The number of benzene rings is 1. The highest BCUT2D eigenvalue weighted by Crippen LogP contribution is 2.38. The van der Waals surface area contributed by atoms with Gasteiger partial charge in [0.15, 0.2) is 0 Å². The first-order chi connectivity index (χ1) is 11.9. The van der Waals surface area contributed by atoms with E-state index in [-0.39, 0.29) is 16.9 Å². The molecular weight excluding hydrogens is 362 g/mol. The van der Waals surface area contributed by atoms with Crippen molar-refractivity contribution in [2.24, 2.45) is 5.92 Å². The number of imidazole rings is 1. The molecule has 1 N–H and O–H groups in total. The number of rotatable bonds is 4. The Morgan fingerprint density at radius 1 is 1.40 bits per heavy atom. The molecule has 25 heavy (non-hydrogen) atoms. The quantitative estimate of drug-likeness (QED) is 0.882. The number of hydrogen-bond donors (Lipinski definition) is 1. The van der Waals surface area contributed by atoms with Gasteiger partial charge in [-0.15, -0.1) is 0 Å². The maximum Gasteiger partial charge on any atom is 0.240 e. The van der Waals surface area contributed by atoms with Gasteiger partial charge in [0.1, 0.15) is 17.7 Å². The average Bonchev–Trinajstić information content (AvgIpc) is 3.18. The van der Waals surface area contributed by atoms with Crippen LogP contribution in [0.2, 0.25) is 5.02 Å². The van der Waals surface area contributed by atoms with Crippen molar-refractivity contribution in [3.8, 4) is 5.75 Å². The molecule has 2 atom stereocenters. The highest BCUT2D eigenvalue weighted by molar-refractivity contribution is 7.89. The summed E-state index contributed by atoms with van der Waals surface area (Å²) in [7, 11) is -3.60. The second-order valence-electron chi connectivity index (χ2n) is 6.77. The standard InChI is InChI=1S/C17H20ClN3O3S/c1-11-6-13-8-14(9-15(18)17(13)24-11)25(22,23)20-10-12-2-4-21-5-3-19-16(21)7-12/h3,5,8-9,11-12,20H,2,4,6-7,10H2,1H3/t11-,12+/m0/s1. The average molecular weight is 382 g/mol. The summed E-state index contributed by atoms with van der Waals surface area (Å²) in [4.78, 5) is 4.52. The van der Waals surface area contributed by atoms with E-state index in [2.05, 4.69) is 14.3 Å². The van der Waals surface area contributed by atoms with Crippen molar-refractivity contribution in [1.29, 1.82) is 0 Å². The molecule has 0 fully saturated rings. The molecule has 1 aromatic heterocycles. The maximum atomic E-state index is 12.7. The lowest BCUT2D eigenvalue weighted by atomic mass is 9.98. The molecule has 0 spiro atoms. The maximum absolute atomic E-state index is 12.7. The van der Waals surface area contributed by atoms with Crippen molar-refractivity contribution >= 4 is 21.6 Å². The third-order valence-electron chi connectivity index (χ3n) is 4.84. The molecule has 0 aliphatic carbocycles. The molecule has 0 saturated heterocycles. The van der Waals surface area contributed by atoms with Gasteiger partial charge in [-0.2, -0.15) is 0 Å². The third-order valence-corrected chi connectivity index (χ3v) is 6.53. The Bertz CT molecular complexity index is 910. The number of nitrogens with one attached hydrogen (secondary N) is 1. The zero-order valence-electron chi connectivity index (χ0n) is 13.9. The molecule has 4 rings (SSSR count). The Morgan fingerprint density at radius 3 is 3.08 bits per heavy atom. The van der Waals surface area contributed by atoms with E-state index < -0.39 is 10.0 Å². The Hall–Kier alpha value is -1.57. The Kier molecular flexibility index (Phi) is 4.25. The van der Waals surface area contributed by atoms with Gasteiger partial charge in [0, 0.05) is 43.9 Å². The van der Waals surface area contributed by atoms with Crippen LogP contribution in [0.25, 0.3) is 0 Å². The largest absolute Gasteiger partial charge is 0.489 e. The third kappa shape index (κ3) is 3.28. The van der Waals surface area contributed by atoms with Crippen LogP contribution in [0.1, 0.15) is 24.7 Å². The first-order valence-corrected chi connectivity index (χ1v) is 10.3. The van der Waals surface area contributed by atoms with Crippen molar-refractivity contribution < 1.29 is 13.2 Å². The molecule has 134 valence electrons. The lowest BCUT2D eigenvalue weighted by Gasteiger charge is -2.23. The minimum atomic E-state index is -3.60. The van der Waals surface area contributed by atoms with E-state index in [0.717, 1.165) is 30.8 Å². The van der Waals surface area contributed by atoms with Crippen molar-refractivity contribution in [2.45, 2.75) is 43.7 Å². The van der Waals surface area contributed by atoms with Gasteiger partial charge in [-0.05, 0) is 31.4 Å². The number of ether oxygens (including phenoxy) is 1. The van der Waals surface area contributed by atoms with Crippen molar-refractivity contribution in [1.82, 2.24) is 14.3 Å². The van der Waals surface area contributed by atoms with Gasteiger partial charge < -0.3 is 9.30 Å². The van der Waals surface area contributed by atoms with E-state index >= 15 is 0 Å². The zero-order chi connectivity index (χ0) is 17.6. The van der Waals surface area contributed by atoms with Gasteiger partial charge in [-0.1, -0.05) is 11.6 Å². The van der Waals surface area contributed by atoms with Gasteiger partial charge >= 0.3 is 0 Å². The van der Waals surface area contributed by atoms with Gasteiger partial charge in [-0.25, -0.2) is 18.1 Å². The lowest BCUT2D eigenvalue weighted by molar-refractivity contribution is 0.255. The highest BCUT2D eigenvalue weighted by Gasteiger charge is 2.27.